The molecule has 6 heteroatoms. The average molecular weight is 367 g/mol. The van der Waals surface area contributed by atoms with Gasteiger partial charge in [0.2, 0.25) is 0 Å². The van der Waals surface area contributed by atoms with Crippen molar-refractivity contribution < 1.29 is 23.9 Å². The first-order chi connectivity index (χ1) is 13.0. The minimum absolute atomic E-state index is 0.275. The fourth-order valence-corrected chi connectivity index (χ4v) is 3.11. The molecule has 0 unspecified atom stereocenters. The molecule has 140 valence electrons. The van der Waals surface area contributed by atoms with Gasteiger partial charge in [-0.1, -0.05) is 42.0 Å². The topological polar surface area (TPSA) is 72.9 Å². The largest absolute Gasteiger partial charge is 0.467 e. The SMILES string of the molecule is COC(=O)[C@@H]1Cc2ccccc2CN1C(=O)COC(=O)c1ccc(C)cc1. The van der Waals surface area contributed by atoms with Crippen molar-refractivity contribution in [3.8, 4) is 0 Å². The molecule has 3 rings (SSSR count). The molecule has 0 saturated heterocycles. The van der Waals surface area contributed by atoms with Crippen LogP contribution >= 0.6 is 0 Å². The summed E-state index contributed by atoms with van der Waals surface area (Å²) in [6.45, 7) is 1.76. The number of fused-ring (bicyclic) bond motifs is 1. The average Bonchev–Trinajstić information content (AvgIpc) is 2.70. The van der Waals surface area contributed by atoms with Gasteiger partial charge in [0.1, 0.15) is 6.04 Å². The molecule has 1 amide bonds. The number of esters is 2. The predicted octanol–water partition coefficient (Wildman–Crippen LogP) is 2.28. The Kier molecular flexibility index (Phi) is 5.54. The van der Waals surface area contributed by atoms with Crippen LogP contribution in [0.2, 0.25) is 0 Å². The third-order valence-electron chi connectivity index (χ3n) is 4.66. The van der Waals surface area contributed by atoms with Crippen LogP contribution in [0.4, 0.5) is 0 Å². The number of carbonyl (C=O) groups is 3. The molecule has 0 radical (unpaired) electrons. The van der Waals surface area contributed by atoms with Gasteiger partial charge in [-0.2, -0.15) is 0 Å². The Bertz CT molecular complexity index is 859. The van der Waals surface area contributed by atoms with Gasteiger partial charge in [0, 0.05) is 13.0 Å². The van der Waals surface area contributed by atoms with Crippen LogP contribution in [0.15, 0.2) is 48.5 Å². The molecule has 0 fully saturated rings. The summed E-state index contributed by atoms with van der Waals surface area (Å²) in [5.41, 5.74) is 3.38. The Balaban J connectivity index is 1.70. The molecule has 1 aliphatic rings. The van der Waals surface area contributed by atoms with Crippen LogP contribution in [0.25, 0.3) is 0 Å². The molecule has 0 aromatic heterocycles. The standard InChI is InChI=1S/C21H21NO5/c1-14-7-9-15(10-8-14)20(24)27-13-19(23)22-12-17-6-4-3-5-16(17)11-18(22)21(25)26-2/h3-10,18H,11-13H2,1-2H3/t18-/m0/s1. The lowest BCUT2D eigenvalue weighted by Gasteiger charge is -2.35. The maximum Gasteiger partial charge on any atom is 0.338 e. The van der Waals surface area contributed by atoms with E-state index in [2.05, 4.69) is 0 Å². The summed E-state index contributed by atoms with van der Waals surface area (Å²) in [6.07, 6.45) is 0.375. The molecule has 0 bridgehead atoms. The maximum atomic E-state index is 12.7. The number of rotatable bonds is 4. The van der Waals surface area contributed by atoms with E-state index in [1.54, 1.807) is 24.3 Å². The summed E-state index contributed by atoms with van der Waals surface area (Å²) in [6, 6.07) is 13.8. The second-order valence-corrected chi connectivity index (χ2v) is 6.48. The number of methoxy groups -OCH3 is 1. The third-order valence-corrected chi connectivity index (χ3v) is 4.66. The van der Waals surface area contributed by atoms with E-state index in [9.17, 15) is 14.4 Å². The number of benzene rings is 2. The van der Waals surface area contributed by atoms with Crippen molar-refractivity contribution in [3.63, 3.8) is 0 Å². The Labute approximate surface area is 157 Å². The lowest BCUT2D eigenvalue weighted by atomic mass is 9.94. The smallest absolute Gasteiger partial charge is 0.338 e. The molecule has 27 heavy (non-hydrogen) atoms. The number of nitrogens with zero attached hydrogens (tertiary/aromatic N) is 1. The van der Waals surface area contributed by atoms with Crippen molar-refractivity contribution in [3.05, 3.63) is 70.8 Å². The van der Waals surface area contributed by atoms with Crippen molar-refractivity contribution in [2.24, 2.45) is 0 Å². The van der Waals surface area contributed by atoms with Crippen LogP contribution in [-0.4, -0.2) is 42.5 Å². The Morgan fingerprint density at radius 1 is 1.04 bits per heavy atom. The highest BCUT2D eigenvalue weighted by Gasteiger charge is 2.35. The molecule has 6 nitrogen and oxygen atoms in total. The number of aryl methyl sites for hydroxylation is 1. The summed E-state index contributed by atoms with van der Waals surface area (Å²) in [5, 5.41) is 0. The molecule has 2 aromatic carbocycles. The van der Waals surface area contributed by atoms with Crippen LogP contribution in [0.5, 0.6) is 0 Å². The summed E-state index contributed by atoms with van der Waals surface area (Å²) < 4.78 is 10.0. The second-order valence-electron chi connectivity index (χ2n) is 6.48. The van der Waals surface area contributed by atoms with Gasteiger partial charge in [-0.05, 0) is 30.2 Å². The lowest BCUT2D eigenvalue weighted by Crippen LogP contribution is -2.50. The van der Waals surface area contributed by atoms with Gasteiger partial charge >= 0.3 is 11.9 Å². The van der Waals surface area contributed by atoms with E-state index in [4.69, 9.17) is 9.47 Å². The van der Waals surface area contributed by atoms with Gasteiger partial charge in [-0.3, -0.25) is 4.79 Å². The molecule has 0 saturated carbocycles. The highest BCUT2D eigenvalue weighted by Crippen LogP contribution is 2.24. The van der Waals surface area contributed by atoms with Gasteiger partial charge in [-0.25, -0.2) is 9.59 Å². The summed E-state index contributed by atoms with van der Waals surface area (Å²) in [7, 11) is 1.29. The Morgan fingerprint density at radius 3 is 2.37 bits per heavy atom. The molecule has 0 N–H and O–H groups in total. The Hall–Kier alpha value is -3.15. The minimum Gasteiger partial charge on any atom is -0.467 e. The van der Waals surface area contributed by atoms with E-state index < -0.39 is 30.5 Å². The zero-order valence-corrected chi connectivity index (χ0v) is 15.3. The second kappa shape index (κ2) is 8.03. The van der Waals surface area contributed by atoms with Crippen molar-refractivity contribution >= 4 is 17.8 Å². The molecule has 0 spiro atoms. The normalized spacial score (nSPS) is 15.6. The monoisotopic (exact) mass is 367 g/mol. The van der Waals surface area contributed by atoms with E-state index in [0.717, 1.165) is 16.7 Å². The number of hydrogen-bond acceptors (Lipinski definition) is 5. The third kappa shape index (κ3) is 4.16. The van der Waals surface area contributed by atoms with Crippen LogP contribution in [0.1, 0.15) is 27.0 Å². The highest BCUT2D eigenvalue weighted by molar-refractivity contribution is 5.92. The van der Waals surface area contributed by atoms with E-state index in [1.165, 1.54) is 12.0 Å². The predicted molar refractivity (Wildman–Crippen MR) is 98.0 cm³/mol. The molecule has 2 aromatic rings. The lowest BCUT2D eigenvalue weighted by molar-refractivity contribution is -0.155. The van der Waals surface area contributed by atoms with Gasteiger partial charge < -0.3 is 14.4 Å². The van der Waals surface area contributed by atoms with E-state index in [-0.39, 0.29) is 6.54 Å². The summed E-state index contributed by atoms with van der Waals surface area (Å²) in [5.74, 6) is -1.49. The highest BCUT2D eigenvalue weighted by atomic mass is 16.5. The summed E-state index contributed by atoms with van der Waals surface area (Å²) in [4.78, 5) is 38.4. The first kappa shape index (κ1) is 18.6. The molecular weight excluding hydrogens is 346 g/mol. The fourth-order valence-electron chi connectivity index (χ4n) is 3.11. The van der Waals surface area contributed by atoms with Gasteiger partial charge in [0.25, 0.3) is 5.91 Å². The van der Waals surface area contributed by atoms with Crippen LogP contribution in [0.3, 0.4) is 0 Å². The maximum absolute atomic E-state index is 12.7. The van der Waals surface area contributed by atoms with E-state index in [0.29, 0.717) is 12.0 Å². The van der Waals surface area contributed by atoms with E-state index in [1.807, 2.05) is 31.2 Å². The van der Waals surface area contributed by atoms with Crippen molar-refractivity contribution in [1.29, 1.82) is 0 Å². The fraction of sp³-hybridized carbons (Fsp3) is 0.286. The minimum atomic E-state index is -0.726. The molecule has 1 aliphatic heterocycles. The number of hydrogen-bond donors (Lipinski definition) is 0. The van der Waals surface area contributed by atoms with Crippen molar-refractivity contribution in [2.45, 2.75) is 25.9 Å². The first-order valence-electron chi connectivity index (χ1n) is 8.67. The van der Waals surface area contributed by atoms with Crippen LogP contribution in [0, 0.1) is 6.92 Å². The Morgan fingerprint density at radius 2 is 1.70 bits per heavy atom. The quantitative estimate of drug-likeness (QED) is 0.775. The van der Waals surface area contributed by atoms with Crippen LogP contribution in [-0.2, 0) is 32.0 Å². The zero-order valence-electron chi connectivity index (χ0n) is 15.3. The van der Waals surface area contributed by atoms with Gasteiger partial charge in [0.05, 0.1) is 12.7 Å². The van der Waals surface area contributed by atoms with Crippen molar-refractivity contribution in [2.75, 3.05) is 13.7 Å². The molecule has 0 aliphatic carbocycles. The molecule has 1 heterocycles. The number of ether oxygens (including phenoxy) is 2. The summed E-state index contributed by atoms with van der Waals surface area (Å²) >= 11 is 0. The zero-order chi connectivity index (χ0) is 19.4. The molecule has 1 atom stereocenters. The van der Waals surface area contributed by atoms with Crippen LogP contribution < -0.4 is 0 Å². The van der Waals surface area contributed by atoms with E-state index >= 15 is 0 Å². The number of carbonyl (C=O) groups excluding carboxylic acids is 3. The van der Waals surface area contributed by atoms with Crippen molar-refractivity contribution in [1.82, 2.24) is 4.90 Å². The first-order valence-corrected chi connectivity index (χ1v) is 8.67. The van der Waals surface area contributed by atoms with Gasteiger partial charge in [0.15, 0.2) is 6.61 Å². The number of amides is 1. The van der Waals surface area contributed by atoms with Gasteiger partial charge in [-0.15, -0.1) is 0 Å². The molecular formula is C21H21NO5.